The maximum absolute atomic E-state index is 12.5. The highest BCUT2D eigenvalue weighted by Crippen LogP contribution is 2.25. The van der Waals surface area contributed by atoms with Crippen molar-refractivity contribution in [2.75, 3.05) is 26.2 Å². The van der Waals surface area contributed by atoms with E-state index in [9.17, 15) is 4.79 Å². The lowest BCUT2D eigenvalue weighted by molar-refractivity contribution is -1.02. The lowest BCUT2D eigenvalue weighted by Crippen LogP contribution is -3.27. The third-order valence-corrected chi connectivity index (χ3v) is 6.85. The predicted octanol–water partition coefficient (Wildman–Crippen LogP) is 0.393. The van der Waals surface area contributed by atoms with E-state index in [1.54, 1.807) is 16.2 Å². The van der Waals surface area contributed by atoms with Crippen LogP contribution in [0.1, 0.15) is 27.4 Å². The second kappa shape index (κ2) is 7.54. The number of nitrogens with one attached hydrogen (secondary N) is 3. The molecular weight excluding hydrogens is 356 g/mol. The van der Waals surface area contributed by atoms with Crippen molar-refractivity contribution >= 4 is 21.6 Å². The van der Waals surface area contributed by atoms with Crippen LogP contribution in [0.5, 0.6) is 0 Å². The van der Waals surface area contributed by atoms with Crippen LogP contribution in [0.4, 0.5) is 0 Å². The molecule has 0 radical (unpaired) electrons. The number of hydrogen-bond acceptors (Lipinski definition) is 3. The lowest BCUT2D eigenvalue weighted by atomic mass is 10.1. The second-order valence-electron chi connectivity index (χ2n) is 7.82. The van der Waals surface area contributed by atoms with E-state index in [0.29, 0.717) is 0 Å². The Kier molecular flexibility index (Phi) is 5.12. The topological polar surface area (TPSA) is 54.6 Å². The highest BCUT2D eigenvalue weighted by atomic mass is 32.1. The van der Waals surface area contributed by atoms with E-state index in [1.165, 1.54) is 20.9 Å². The Morgan fingerprint density at radius 2 is 1.63 bits per heavy atom. The van der Waals surface area contributed by atoms with Crippen LogP contribution in [-0.2, 0) is 13.1 Å². The molecule has 0 unspecified atom stereocenters. The number of hydrogen-bond donors (Lipinski definition) is 3. The van der Waals surface area contributed by atoms with Crippen molar-refractivity contribution < 1.29 is 9.80 Å². The standard InChI is InChI=1S/C21H26N4OS/c1-14-4-6-17(7-5-14)12-24-8-10-25(11-9-24)13-18-22-20(26)19-15(2)16(3)27-21(19)23-18/h4-7H,8-13H2,1-3H3,(H,22,23,26)/p+2. The Labute approximate surface area is 163 Å². The Morgan fingerprint density at radius 1 is 1.00 bits per heavy atom. The largest absolute Gasteiger partial charge is 0.322 e. The fraction of sp³-hybridized carbons (Fsp3) is 0.429. The van der Waals surface area contributed by atoms with Crippen LogP contribution in [0.3, 0.4) is 0 Å². The van der Waals surface area contributed by atoms with Gasteiger partial charge in [0, 0.05) is 10.4 Å². The van der Waals surface area contributed by atoms with Gasteiger partial charge in [-0.3, -0.25) is 4.79 Å². The first-order valence-corrected chi connectivity index (χ1v) is 10.5. The summed E-state index contributed by atoms with van der Waals surface area (Å²) in [6, 6.07) is 8.89. The van der Waals surface area contributed by atoms with Crippen LogP contribution in [0.2, 0.25) is 0 Å². The fourth-order valence-electron chi connectivity index (χ4n) is 3.93. The first kappa shape index (κ1) is 18.3. The van der Waals surface area contributed by atoms with Crippen molar-refractivity contribution in [3.05, 3.63) is 62.0 Å². The zero-order valence-electron chi connectivity index (χ0n) is 16.3. The number of quaternary nitrogens is 2. The van der Waals surface area contributed by atoms with Gasteiger partial charge in [-0.15, -0.1) is 11.3 Å². The predicted molar refractivity (Wildman–Crippen MR) is 110 cm³/mol. The molecule has 27 heavy (non-hydrogen) atoms. The maximum Gasteiger partial charge on any atom is 0.260 e. The van der Waals surface area contributed by atoms with E-state index in [-0.39, 0.29) is 5.56 Å². The van der Waals surface area contributed by atoms with Crippen LogP contribution in [0.15, 0.2) is 29.1 Å². The molecule has 3 N–H and O–H groups in total. The van der Waals surface area contributed by atoms with Gasteiger partial charge in [-0.1, -0.05) is 29.8 Å². The van der Waals surface area contributed by atoms with E-state index in [0.717, 1.165) is 60.9 Å². The Hall–Kier alpha value is -2.02. The Bertz CT molecular complexity index is 997. The Balaban J connectivity index is 1.38. The molecule has 1 fully saturated rings. The minimum Gasteiger partial charge on any atom is -0.322 e. The first-order chi connectivity index (χ1) is 13.0. The maximum atomic E-state index is 12.5. The molecule has 1 aliphatic rings. The summed E-state index contributed by atoms with van der Waals surface area (Å²) in [5.74, 6) is 0.825. The van der Waals surface area contributed by atoms with Crippen molar-refractivity contribution in [2.45, 2.75) is 33.9 Å². The summed E-state index contributed by atoms with van der Waals surface area (Å²) in [6.07, 6.45) is 0. The van der Waals surface area contributed by atoms with Gasteiger partial charge >= 0.3 is 0 Å². The highest BCUT2D eigenvalue weighted by molar-refractivity contribution is 7.18. The van der Waals surface area contributed by atoms with E-state index in [1.807, 2.05) is 6.92 Å². The number of fused-ring (bicyclic) bond motifs is 1. The van der Waals surface area contributed by atoms with Gasteiger partial charge in [0.25, 0.3) is 5.56 Å². The van der Waals surface area contributed by atoms with Crippen molar-refractivity contribution in [3.8, 4) is 0 Å². The fourth-order valence-corrected chi connectivity index (χ4v) is 4.97. The number of nitrogens with zero attached hydrogens (tertiary/aromatic N) is 1. The van der Waals surface area contributed by atoms with Crippen molar-refractivity contribution in [1.82, 2.24) is 9.97 Å². The molecule has 5 nitrogen and oxygen atoms in total. The number of H-pyrrole nitrogens is 1. The number of piperazine rings is 1. The Morgan fingerprint density at radius 3 is 2.30 bits per heavy atom. The summed E-state index contributed by atoms with van der Waals surface area (Å²) >= 11 is 1.63. The minimum absolute atomic E-state index is 0.0138. The van der Waals surface area contributed by atoms with E-state index < -0.39 is 0 Å². The quantitative estimate of drug-likeness (QED) is 0.610. The number of benzene rings is 1. The lowest BCUT2D eigenvalue weighted by Gasteiger charge is -2.29. The minimum atomic E-state index is 0.0138. The van der Waals surface area contributed by atoms with E-state index >= 15 is 0 Å². The van der Waals surface area contributed by atoms with Gasteiger partial charge in [-0.25, -0.2) is 4.98 Å². The third-order valence-electron chi connectivity index (χ3n) is 5.74. The molecule has 0 saturated carbocycles. The van der Waals surface area contributed by atoms with Gasteiger partial charge in [0.2, 0.25) is 0 Å². The molecule has 3 aromatic rings. The molecule has 1 aliphatic heterocycles. The second-order valence-corrected chi connectivity index (χ2v) is 9.02. The van der Waals surface area contributed by atoms with Crippen LogP contribution in [0.25, 0.3) is 10.2 Å². The molecule has 0 amide bonds. The van der Waals surface area contributed by atoms with Crippen LogP contribution >= 0.6 is 11.3 Å². The molecule has 2 aromatic heterocycles. The van der Waals surface area contributed by atoms with Crippen LogP contribution < -0.4 is 15.4 Å². The zero-order chi connectivity index (χ0) is 19.0. The molecule has 1 saturated heterocycles. The number of aromatic amines is 1. The number of rotatable bonds is 4. The number of aromatic nitrogens is 2. The summed E-state index contributed by atoms with van der Waals surface area (Å²) in [5, 5.41) is 0.767. The van der Waals surface area contributed by atoms with E-state index in [4.69, 9.17) is 4.98 Å². The SMILES string of the molecule is Cc1ccc(C[NH+]2CC[NH+](Cc3nc4sc(C)c(C)c4c(=O)[nH]3)CC2)cc1. The molecule has 142 valence electrons. The number of aryl methyl sites for hydroxylation is 3. The molecule has 3 heterocycles. The summed E-state index contributed by atoms with van der Waals surface area (Å²) in [5.41, 5.74) is 3.81. The van der Waals surface area contributed by atoms with E-state index in [2.05, 4.69) is 43.1 Å². The number of thiophene rings is 1. The highest BCUT2D eigenvalue weighted by Gasteiger charge is 2.24. The van der Waals surface area contributed by atoms with Gasteiger partial charge in [0.1, 0.15) is 44.1 Å². The molecular formula is C21H28N4OS+2. The van der Waals surface area contributed by atoms with Gasteiger partial charge < -0.3 is 14.8 Å². The molecule has 1 aromatic carbocycles. The molecule has 6 heteroatoms. The summed E-state index contributed by atoms with van der Waals surface area (Å²) < 4.78 is 0. The van der Waals surface area contributed by atoms with Crippen LogP contribution in [-0.4, -0.2) is 36.1 Å². The molecule has 0 spiro atoms. The summed E-state index contributed by atoms with van der Waals surface area (Å²) in [4.78, 5) is 25.4. The average Bonchev–Trinajstić information content (AvgIpc) is 2.93. The summed E-state index contributed by atoms with van der Waals surface area (Å²) in [7, 11) is 0. The van der Waals surface area contributed by atoms with Crippen molar-refractivity contribution in [3.63, 3.8) is 0 Å². The molecule has 0 atom stereocenters. The molecule has 4 rings (SSSR count). The van der Waals surface area contributed by atoms with Gasteiger partial charge in [-0.2, -0.15) is 0 Å². The average molecular weight is 385 g/mol. The monoisotopic (exact) mass is 384 g/mol. The third kappa shape index (κ3) is 3.98. The van der Waals surface area contributed by atoms with Gasteiger partial charge in [0.15, 0.2) is 5.82 Å². The first-order valence-electron chi connectivity index (χ1n) is 9.71. The van der Waals surface area contributed by atoms with Gasteiger partial charge in [0.05, 0.1) is 5.39 Å². The molecule has 0 bridgehead atoms. The zero-order valence-corrected chi connectivity index (χ0v) is 17.1. The van der Waals surface area contributed by atoms with Gasteiger partial charge in [-0.05, 0) is 26.3 Å². The van der Waals surface area contributed by atoms with Crippen molar-refractivity contribution in [1.29, 1.82) is 0 Å². The normalized spacial score (nSPS) is 20.3. The smallest absolute Gasteiger partial charge is 0.260 e. The van der Waals surface area contributed by atoms with Crippen LogP contribution in [0, 0.1) is 20.8 Å². The van der Waals surface area contributed by atoms with Crippen molar-refractivity contribution in [2.24, 2.45) is 0 Å². The molecule has 0 aliphatic carbocycles. The summed E-state index contributed by atoms with van der Waals surface area (Å²) in [6.45, 7) is 12.7.